The van der Waals surface area contributed by atoms with Gasteiger partial charge in [-0.1, -0.05) is 18.2 Å². The van der Waals surface area contributed by atoms with Crippen molar-refractivity contribution in [3.8, 4) is 0 Å². The number of nitrogens with zero attached hydrogens (tertiary/aromatic N) is 4. The highest BCUT2D eigenvalue weighted by Gasteiger charge is 2.26. The van der Waals surface area contributed by atoms with Crippen LogP contribution in [0.3, 0.4) is 0 Å². The molecule has 1 atom stereocenters. The molecule has 0 bridgehead atoms. The molecular formula is C22H30FN5O. The van der Waals surface area contributed by atoms with E-state index < -0.39 is 0 Å². The number of rotatable bonds is 6. The van der Waals surface area contributed by atoms with Crippen LogP contribution in [0.4, 0.5) is 9.18 Å². The van der Waals surface area contributed by atoms with Crippen LogP contribution in [0.25, 0.3) is 0 Å². The number of hydrogen-bond acceptors (Lipinski definition) is 3. The monoisotopic (exact) mass is 399 g/mol. The number of amides is 2. The lowest BCUT2D eigenvalue weighted by molar-refractivity contribution is 0.164. The summed E-state index contributed by atoms with van der Waals surface area (Å²) in [7, 11) is 0. The molecule has 7 heteroatoms. The van der Waals surface area contributed by atoms with E-state index in [1.165, 1.54) is 6.07 Å². The Morgan fingerprint density at radius 2 is 1.93 bits per heavy atom. The van der Waals surface area contributed by atoms with Crippen molar-refractivity contribution < 1.29 is 9.18 Å². The standard InChI is InChI=1S/C22H30FN5O/c23-21-4-2-1-3-20(21)16-26-9-5-19(15-26)13-25-22(29)28-10-6-18(7-11-28)14-27-12-8-24-17-27/h1-4,8,12,17-19H,5-7,9-11,13-16H2,(H,25,29)/t19-/m0/s1. The van der Waals surface area contributed by atoms with E-state index in [4.69, 9.17) is 0 Å². The Labute approximate surface area is 171 Å². The molecule has 0 radical (unpaired) electrons. The smallest absolute Gasteiger partial charge is 0.317 e. The van der Waals surface area contributed by atoms with Gasteiger partial charge in [-0.2, -0.15) is 0 Å². The lowest BCUT2D eigenvalue weighted by atomic mass is 9.97. The summed E-state index contributed by atoms with van der Waals surface area (Å²) in [6.45, 7) is 5.80. The number of imidazole rings is 1. The van der Waals surface area contributed by atoms with Crippen molar-refractivity contribution in [3.63, 3.8) is 0 Å². The molecule has 3 heterocycles. The minimum atomic E-state index is -0.138. The number of benzene rings is 1. The predicted octanol–water partition coefficient (Wildman–Crippen LogP) is 2.97. The molecule has 2 fully saturated rings. The van der Waals surface area contributed by atoms with Crippen molar-refractivity contribution in [2.45, 2.75) is 32.4 Å². The van der Waals surface area contributed by atoms with E-state index in [-0.39, 0.29) is 11.8 Å². The van der Waals surface area contributed by atoms with Gasteiger partial charge in [0.2, 0.25) is 0 Å². The van der Waals surface area contributed by atoms with E-state index in [1.54, 1.807) is 6.07 Å². The summed E-state index contributed by atoms with van der Waals surface area (Å²) in [5.41, 5.74) is 0.746. The molecule has 4 rings (SSSR count). The first kappa shape index (κ1) is 19.9. The Hall–Kier alpha value is -2.41. The fraction of sp³-hybridized carbons (Fsp3) is 0.545. The Morgan fingerprint density at radius 3 is 2.69 bits per heavy atom. The molecule has 0 saturated carbocycles. The zero-order valence-electron chi connectivity index (χ0n) is 16.8. The maximum atomic E-state index is 13.8. The first-order valence-corrected chi connectivity index (χ1v) is 10.6. The normalized spacial score (nSPS) is 20.9. The van der Waals surface area contributed by atoms with Crippen LogP contribution in [-0.2, 0) is 13.1 Å². The summed E-state index contributed by atoms with van der Waals surface area (Å²) in [5, 5.41) is 3.12. The third kappa shape index (κ3) is 5.35. The van der Waals surface area contributed by atoms with Gasteiger partial charge in [-0.25, -0.2) is 14.2 Å². The topological polar surface area (TPSA) is 53.4 Å². The van der Waals surface area contributed by atoms with Gasteiger partial charge in [0.25, 0.3) is 0 Å². The number of likely N-dealkylation sites (tertiary alicyclic amines) is 2. The highest BCUT2D eigenvalue weighted by Crippen LogP contribution is 2.21. The average Bonchev–Trinajstić information content (AvgIpc) is 3.41. The maximum Gasteiger partial charge on any atom is 0.317 e. The molecule has 2 amide bonds. The second-order valence-electron chi connectivity index (χ2n) is 8.36. The summed E-state index contributed by atoms with van der Waals surface area (Å²) >= 11 is 0. The predicted molar refractivity (Wildman–Crippen MR) is 110 cm³/mol. The van der Waals surface area contributed by atoms with E-state index >= 15 is 0 Å². The van der Waals surface area contributed by atoms with Crippen molar-refractivity contribution in [1.29, 1.82) is 0 Å². The van der Waals surface area contributed by atoms with Gasteiger partial charge in [-0.3, -0.25) is 4.90 Å². The Balaban J connectivity index is 1.15. The molecular weight excluding hydrogens is 369 g/mol. The first-order valence-electron chi connectivity index (χ1n) is 10.6. The lowest BCUT2D eigenvalue weighted by Crippen LogP contribution is -2.46. The van der Waals surface area contributed by atoms with E-state index in [0.29, 0.717) is 24.9 Å². The molecule has 2 aliphatic heterocycles. The molecule has 6 nitrogen and oxygen atoms in total. The highest BCUT2D eigenvalue weighted by molar-refractivity contribution is 5.74. The van der Waals surface area contributed by atoms with Gasteiger partial charge in [-0.05, 0) is 43.7 Å². The Morgan fingerprint density at radius 1 is 1.14 bits per heavy atom. The van der Waals surface area contributed by atoms with Crippen molar-refractivity contribution in [3.05, 3.63) is 54.4 Å². The second kappa shape index (κ2) is 9.39. The fourth-order valence-corrected chi connectivity index (χ4v) is 4.45. The van der Waals surface area contributed by atoms with Gasteiger partial charge in [0, 0.05) is 57.2 Å². The molecule has 2 aliphatic rings. The highest BCUT2D eigenvalue weighted by atomic mass is 19.1. The van der Waals surface area contributed by atoms with E-state index in [2.05, 4.69) is 19.8 Å². The molecule has 1 N–H and O–H groups in total. The van der Waals surface area contributed by atoms with Crippen molar-refractivity contribution in [2.24, 2.45) is 11.8 Å². The summed E-state index contributed by atoms with van der Waals surface area (Å²) in [6.07, 6.45) is 8.77. The van der Waals surface area contributed by atoms with Crippen LogP contribution < -0.4 is 5.32 Å². The van der Waals surface area contributed by atoms with Gasteiger partial charge in [-0.15, -0.1) is 0 Å². The first-order chi connectivity index (χ1) is 14.2. The summed E-state index contributed by atoms with van der Waals surface area (Å²) in [5.74, 6) is 0.903. The minimum Gasteiger partial charge on any atom is -0.338 e. The van der Waals surface area contributed by atoms with E-state index in [0.717, 1.165) is 57.5 Å². The number of carbonyl (C=O) groups is 1. The molecule has 1 aromatic carbocycles. The molecule has 0 spiro atoms. The quantitative estimate of drug-likeness (QED) is 0.813. The zero-order valence-corrected chi connectivity index (χ0v) is 16.8. The molecule has 29 heavy (non-hydrogen) atoms. The lowest BCUT2D eigenvalue weighted by Gasteiger charge is -2.32. The van der Waals surface area contributed by atoms with Crippen molar-refractivity contribution in [2.75, 3.05) is 32.7 Å². The molecule has 156 valence electrons. The average molecular weight is 400 g/mol. The van der Waals surface area contributed by atoms with Crippen LogP contribution in [0.5, 0.6) is 0 Å². The molecule has 2 saturated heterocycles. The summed E-state index contributed by atoms with van der Waals surface area (Å²) in [4.78, 5) is 20.8. The second-order valence-corrected chi connectivity index (χ2v) is 8.36. The largest absolute Gasteiger partial charge is 0.338 e. The number of nitrogens with one attached hydrogen (secondary N) is 1. The van der Waals surface area contributed by atoms with Crippen LogP contribution in [0.15, 0.2) is 43.0 Å². The maximum absolute atomic E-state index is 13.8. The number of halogens is 1. The number of hydrogen-bond donors (Lipinski definition) is 1. The van der Waals surface area contributed by atoms with Gasteiger partial charge >= 0.3 is 6.03 Å². The summed E-state index contributed by atoms with van der Waals surface area (Å²) < 4.78 is 16.0. The van der Waals surface area contributed by atoms with Gasteiger partial charge in [0.15, 0.2) is 0 Å². The number of piperidine rings is 1. The SMILES string of the molecule is O=C(NC[C@@H]1CCN(Cc2ccccc2F)C1)N1CCC(Cn2ccnc2)CC1. The van der Waals surface area contributed by atoms with Gasteiger partial charge in [0.05, 0.1) is 6.33 Å². The van der Waals surface area contributed by atoms with Crippen LogP contribution in [-0.4, -0.2) is 58.1 Å². The Bertz CT molecular complexity index is 788. The molecule has 2 aromatic rings. The fourth-order valence-electron chi connectivity index (χ4n) is 4.45. The number of carbonyl (C=O) groups excluding carboxylic acids is 1. The van der Waals surface area contributed by atoms with Crippen molar-refractivity contribution in [1.82, 2.24) is 24.7 Å². The molecule has 0 aliphatic carbocycles. The third-order valence-corrected chi connectivity index (χ3v) is 6.19. The van der Waals surface area contributed by atoms with Gasteiger partial charge in [0.1, 0.15) is 5.82 Å². The minimum absolute atomic E-state index is 0.0543. The Kier molecular flexibility index (Phi) is 6.44. The number of urea groups is 1. The summed E-state index contributed by atoms with van der Waals surface area (Å²) in [6, 6.07) is 7.02. The molecule has 1 aromatic heterocycles. The number of aromatic nitrogens is 2. The zero-order chi connectivity index (χ0) is 20.1. The van der Waals surface area contributed by atoms with Crippen LogP contribution in [0.2, 0.25) is 0 Å². The molecule has 0 unspecified atom stereocenters. The van der Waals surface area contributed by atoms with E-state index in [9.17, 15) is 9.18 Å². The van der Waals surface area contributed by atoms with Crippen LogP contribution in [0, 0.1) is 17.7 Å². The van der Waals surface area contributed by atoms with E-state index in [1.807, 2.05) is 35.8 Å². The van der Waals surface area contributed by atoms with Crippen LogP contribution in [0.1, 0.15) is 24.8 Å². The van der Waals surface area contributed by atoms with Crippen LogP contribution >= 0.6 is 0 Å². The van der Waals surface area contributed by atoms with Gasteiger partial charge < -0.3 is 14.8 Å². The third-order valence-electron chi connectivity index (χ3n) is 6.19. The van der Waals surface area contributed by atoms with Crippen molar-refractivity contribution >= 4 is 6.03 Å².